The van der Waals surface area contributed by atoms with Crippen LogP contribution in [-0.2, 0) is 6.67 Å². The average molecular weight is 386 g/mol. The molecule has 2 heterocycles. The Morgan fingerprint density at radius 1 is 0.923 bits per heavy atom. The molecule has 1 saturated heterocycles. The molecule has 0 atom stereocenters. The van der Waals surface area contributed by atoms with Crippen LogP contribution in [0.5, 0.6) is 0 Å². The van der Waals surface area contributed by atoms with E-state index < -0.39 is 0 Å². The second-order valence-electron chi connectivity index (χ2n) is 6.34. The first-order valence-corrected chi connectivity index (χ1v) is 9.42. The lowest BCUT2D eigenvalue weighted by Gasteiger charge is -2.35. The fourth-order valence-corrected chi connectivity index (χ4v) is 3.65. The Hall–Kier alpha value is -2.15. The minimum Gasteiger partial charge on any atom is -0.369 e. The van der Waals surface area contributed by atoms with E-state index in [1.807, 2.05) is 33.5 Å². The Bertz CT molecular complexity index is 928. The summed E-state index contributed by atoms with van der Waals surface area (Å²) in [4.78, 5) is 4.80. The summed E-state index contributed by atoms with van der Waals surface area (Å²) in [6, 6.07) is 18.2. The highest BCUT2D eigenvalue weighted by Gasteiger charge is 2.18. The summed E-state index contributed by atoms with van der Waals surface area (Å²) < 4.78 is 4.44. The first-order valence-electron chi connectivity index (χ1n) is 8.63. The van der Waals surface area contributed by atoms with Gasteiger partial charge in [-0.25, -0.2) is 4.68 Å². The van der Waals surface area contributed by atoms with Gasteiger partial charge in [0.25, 0.3) is 0 Å². The van der Waals surface area contributed by atoms with Gasteiger partial charge in [0.1, 0.15) is 6.33 Å². The van der Waals surface area contributed by atoms with Crippen molar-refractivity contribution in [3.8, 4) is 5.69 Å². The molecule has 7 heteroatoms. The Kier molecular flexibility index (Phi) is 5.06. The van der Waals surface area contributed by atoms with E-state index in [2.05, 4.69) is 45.2 Å². The highest BCUT2D eigenvalue weighted by Crippen LogP contribution is 2.17. The maximum absolute atomic E-state index is 6.09. The SMILES string of the molecule is S=c1n(-c2cccc(Cl)c2)cnn1CN1CCN(c2ccccc2)CC1. The number of aromatic nitrogens is 3. The fourth-order valence-electron chi connectivity index (χ4n) is 3.21. The fraction of sp³-hybridized carbons (Fsp3) is 0.263. The molecule has 0 amide bonds. The maximum Gasteiger partial charge on any atom is 0.203 e. The predicted molar refractivity (Wildman–Crippen MR) is 108 cm³/mol. The van der Waals surface area contributed by atoms with Gasteiger partial charge in [-0.3, -0.25) is 9.47 Å². The second kappa shape index (κ2) is 7.61. The molecule has 1 aliphatic rings. The van der Waals surface area contributed by atoms with Crippen LogP contribution in [0.4, 0.5) is 5.69 Å². The molecule has 3 aromatic rings. The molecule has 1 aromatic heterocycles. The highest BCUT2D eigenvalue weighted by atomic mass is 35.5. The number of anilines is 1. The zero-order chi connectivity index (χ0) is 17.9. The van der Waals surface area contributed by atoms with Crippen molar-refractivity contribution in [2.45, 2.75) is 6.67 Å². The molecule has 26 heavy (non-hydrogen) atoms. The molecular weight excluding hydrogens is 366 g/mol. The van der Waals surface area contributed by atoms with Gasteiger partial charge in [0.2, 0.25) is 4.77 Å². The van der Waals surface area contributed by atoms with Gasteiger partial charge in [-0.15, -0.1) is 0 Å². The van der Waals surface area contributed by atoms with Gasteiger partial charge in [-0.2, -0.15) is 5.10 Å². The van der Waals surface area contributed by atoms with Crippen LogP contribution < -0.4 is 4.90 Å². The van der Waals surface area contributed by atoms with Gasteiger partial charge < -0.3 is 4.90 Å². The molecule has 0 saturated carbocycles. The topological polar surface area (TPSA) is 29.2 Å². The molecular formula is C19H20ClN5S. The lowest BCUT2D eigenvalue weighted by molar-refractivity contribution is 0.194. The molecule has 5 nitrogen and oxygen atoms in total. The molecule has 134 valence electrons. The molecule has 1 aliphatic heterocycles. The monoisotopic (exact) mass is 385 g/mol. The Morgan fingerprint density at radius 2 is 1.65 bits per heavy atom. The van der Waals surface area contributed by atoms with E-state index in [1.165, 1.54) is 5.69 Å². The average Bonchev–Trinajstić information content (AvgIpc) is 3.03. The summed E-state index contributed by atoms with van der Waals surface area (Å²) >= 11 is 11.7. The maximum atomic E-state index is 6.09. The lowest BCUT2D eigenvalue weighted by atomic mass is 10.2. The molecule has 0 radical (unpaired) electrons. The van der Waals surface area contributed by atoms with E-state index in [0.29, 0.717) is 16.5 Å². The zero-order valence-corrected chi connectivity index (χ0v) is 15.9. The van der Waals surface area contributed by atoms with Gasteiger partial charge in [-0.1, -0.05) is 35.9 Å². The van der Waals surface area contributed by atoms with Crippen molar-refractivity contribution in [3.63, 3.8) is 0 Å². The molecule has 0 unspecified atom stereocenters. The lowest BCUT2D eigenvalue weighted by Crippen LogP contribution is -2.46. The van der Waals surface area contributed by atoms with Crippen molar-refractivity contribution in [1.29, 1.82) is 0 Å². The molecule has 0 bridgehead atoms. The minimum absolute atomic E-state index is 0.678. The number of para-hydroxylation sites is 1. The Morgan fingerprint density at radius 3 is 2.38 bits per heavy atom. The van der Waals surface area contributed by atoms with Crippen molar-refractivity contribution >= 4 is 29.5 Å². The van der Waals surface area contributed by atoms with Crippen LogP contribution >= 0.6 is 23.8 Å². The van der Waals surface area contributed by atoms with Gasteiger partial charge in [0, 0.05) is 36.9 Å². The summed E-state index contributed by atoms with van der Waals surface area (Å²) in [5.74, 6) is 0. The van der Waals surface area contributed by atoms with Gasteiger partial charge in [0.15, 0.2) is 0 Å². The minimum atomic E-state index is 0.678. The molecule has 4 rings (SSSR count). The number of nitrogens with zero attached hydrogens (tertiary/aromatic N) is 5. The third-order valence-corrected chi connectivity index (χ3v) is 5.29. The van der Waals surface area contributed by atoms with Crippen LogP contribution in [0, 0.1) is 4.77 Å². The number of rotatable bonds is 4. The first kappa shape index (κ1) is 17.3. The van der Waals surface area contributed by atoms with Crippen molar-refractivity contribution in [3.05, 3.63) is 70.7 Å². The Balaban J connectivity index is 1.42. The van der Waals surface area contributed by atoms with Crippen molar-refractivity contribution in [2.75, 3.05) is 31.1 Å². The van der Waals surface area contributed by atoms with E-state index in [9.17, 15) is 0 Å². The normalized spacial score (nSPS) is 15.3. The summed E-state index contributed by atoms with van der Waals surface area (Å²) in [5.41, 5.74) is 2.22. The van der Waals surface area contributed by atoms with Crippen molar-refractivity contribution in [2.24, 2.45) is 0 Å². The number of hydrogen-bond donors (Lipinski definition) is 0. The highest BCUT2D eigenvalue weighted by molar-refractivity contribution is 7.71. The third-order valence-electron chi connectivity index (χ3n) is 4.65. The number of benzene rings is 2. The van der Waals surface area contributed by atoms with Crippen LogP contribution in [-0.4, -0.2) is 45.4 Å². The van der Waals surface area contributed by atoms with E-state index in [1.54, 1.807) is 6.33 Å². The van der Waals surface area contributed by atoms with Crippen LogP contribution in [0.1, 0.15) is 0 Å². The summed E-state index contributed by atoms with van der Waals surface area (Å²) in [6.07, 6.45) is 1.76. The molecule has 2 aromatic carbocycles. The number of halogens is 1. The van der Waals surface area contributed by atoms with E-state index >= 15 is 0 Å². The zero-order valence-electron chi connectivity index (χ0n) is 14.3. The first-order chi connectivity index (χ1) is 12.7. The van der Waals surface area contributed by atoms with Crippen molar-refractivity contribution < 1.29 is 0 Å². The van der Waals surface area contributed by atoms with Gasteiger partial charge >= 0.3 is 0 Å². The van der Waals surface area contributed by atoms with E-state index in [-0.39, 0.29) is 0 Å². The molecule has 0 N–H and O–H groups in total. The smallest absolute Gasteiger partial charge is 0.203 e. The van der Waals surface area contributed by atoms with Gasteiger partial charge in [0.05, 0.1) is 12.4 Å². The standard InChI is InChI=1S/C19H20ClN5S/c20-16-5-4-8-18(13-16)24-14-21-25(19(24)26)15-22-9-11-23(12-10-22)17-6-2-1-3-7-17/h1-8,13-14H,9-12,15H2. The summed E-state index contributed by atoms with van der Waals surface area (Å²) in [5, 5.41) is 5.16. The second-order valence-corrected chi connectivity index (χ2v) is 7.15. The quantitative estimate of drug-likeness (QED) is 0.638. The molecule has 1 fully saturated rings. The predicted octanol–water partition coefficient (Wildman–Crippen LogP) is 3.84. The molecule has 0 spiro atoms. The molecule has 0 aliphatic carbocycles. The number of piperazine rings is 1. The summed E-state index contributed by atoms with van der Waals surface area (Å²) in [7, 11) is 0. The largest absolute Gasteiger partial charge is 0.369 e. The third kappa shape index (κ3) is 3.67. The Labute approximate surface area is 163 Å². The van der Waals surface area contributed by atoms with Gasteiger partial charge in [-0.05, 0) is 42.5 Å². The van der Waals surface area contributed by atoms with Crippen molar-refractivity contribution in [1.82, 2.24) is 19.2 Å². The summed E-state index contributed by atoms with van der Waals surface area (Å²) in [6.45, 7) is 4.69. The van der Waals surface area contributed by atoms with Crippen LogP contribution in [0.2, 0.25) is 5.02 Å². The van der Waals surface area contributed by atoms with E-state index in [4.69, 9.17) is 23.8 Å². The number of hydrogen-bond acceptors (Lipinski definition) is 4. The van der Waals surface area contributed by atoms with Crippen LogP contribution in [0.15, 0.2) is 60.9 Å². The van der Waals surface area contributed by atoms with Crippen LogP contribution in [0.25, 0.3) is 5.69 Å². The van der Waals surface area contributed by atoms with E-state index in [0.717, 1.165) is 31.9 Å². The van der Waals surface area contributed by atoms with Crippen LogP contribution in [0.3, 0.4) is 0 Å².